The van der Waals surface area contributed by atoms with Gasteiger partial charge in [-0.15, -0.1) is 0 Å². The third-order valence-corrected chi connectivity index (χ3v) is 3.01. The van der Waals surface area contributed by atoms with Crippen LogP contribution in [0, 0.1) is 0 Å². The number of halogens is 4. The number of carboxylic acids is 1. The minimum atomic E-state index is -4.41. The highest BCUT2D eigenvalue weighted by Gasteiger charge is 2.30. The zero-order chi connectivity index (χ0) is 15.6. The van der Waals surface area contributed by atoms with Crippen LogP contribution in [-0.4, -0.2) is 16.1 Å². The van der Waals surface area contributed by atoms with Crippen molar-refractivity contribution in [2.75, 3.05) is 0 Å². The SMILES string of the molecule is O=C(O)c1ccc(Oc2ccc(C(F)(F)F)cc2)c(Br)n1. The van der Waals surface area contributed by atoms with Crippen LogP contribution in [0.3, 0.4) is 0 Å². The summed E-state index contributed by atoms with van der Waals surface area (Å²) < 4.78 is 42.7. The Morgan fingerprint density at radius 3 is 2.24 bits per heavy atom. The van der Waals surface area contributed by atoms with E-state index in [1.165, 1.54) is 24.3 Å². The summed E-state index contributed by atoms with van der Waals surface area (Å²) >= 11 is 3.04. The highest BCUT2D eigenvalue weighted by Crippen LogP contribution is 2.32. The Kier molecular flexibility index (Phi) is 4.17. The molecule has 0 bridgehead atoms. The maximum absolute atomic E-state index is 12.4. The quantitative estimate of drug-likeness (QED) is 0.825. The normalized spacial score (nSPS) is 11.2. The first-order chi connectivity index (χ1) is 9.77. The molecule has 0 saturated heterocycles. The van der Waals surface area contributed by atoms with Gasteiger partial charge in [0.25, 0.3) is 0 Å². The second kappa shape index (κ2) is 5.72. The van der Waals surface area contributed by atoms with Gasteiger partial charge in [-0.3, -0.25) is 0 Å². The van der Waals surface area contributed by atoms with Crippen molar-refractivity contribution in [2.24, 2.45) is 0 Å². The van der Waals surface area contributed by atoms with Gasteiger partial charge in [-0.1, -0.05) is 0 Å². The molecule has 21 heavy (non-hydrogen) atoms. The molecular weight excluding hydrogens is 355 g/mol. The lowest BCUT2D eigenvalue weighted by Gasteiger charge is -2.10. The first-order valence-electron chi connectivity index (χ1n) is 5.52. The molecule has 0 aliphatic rings. The van der Waals surface area contributed by atoms with Crippen LogP contribution < -0.4 is 4.74 Å². The molecule has 0 aliphatic carbocycles. The first kappa shape index (κ1) is 15.3. The largest absolute Gasteiger partial charge is 0.477 e. The van der Waals surface area contributed by atoms with Gasteiger partial charge in [-0.25, -0.2) is 9.78 Å². The molecule has 0 spiro atoms. The number of aromatic nitrogens is 1. The third-order valence-electron chi connectivity index (χ3n) is 2.44. The van der Waals surface area contributed by atoms with Crippen LogP contribution in [0.2, 0.25) is 0 Å². The predicted octanol–water partition coefficient (Wildman–Crippen LogP) is 4.35. The fourth-order valence-corrected chi connectivity index (χ4v) is 1.86. The lowest BCUT2D eigenvalue weighted by molar-refractivity contribution is -0.137. The maximum Gasteiger partial charge on any atom is 0.416 e. The summed E-state index contributed by atoms with van der Waals surface area (Å²) in [4.78, 5) is 14.5. The van der Waals surface area contributed by atoms with E-state index < -0.39 is 17.7 Å². The van der Waals surface area contributed by atoms with Crippen LogP contribution in [-0.2, 0) is 6.18 Å². The Morgan fingerprint density at radius 1 is 1.14 bits per heavy atom. The lowest BCUT2D eigenvalue weighted by atomic mass is 10.2. The fourth-order valence-electron chi connectivity index (χ4n) is 1.46. The Bertz CT molecular complexity index is 671. The summed E-state index contributed by atoms with van der Waals surface area (Å²) in [6.07, 6.45) is -4.41. The molecule has 2 aromatic rings. The third kappa shape index (κ3) is 3.72. The fraction of sp³-hybridized carbons (Fsp3) is 0.0769. The van der Waals surface area contributed by atoms with Gasteiger partial charge in [0.05, 0.1) is 5.56 Å². The standard InChI is InChI=1S/C13H7BrF3NO3/c14-11-10(6-5-9(18-11)12(19)20)21-8-3-1-7(2-4-8)13(15,16)17/h1-6H,(H,19,20). The topological polar surface area (TPSA) is 59.4 Å². The van der Waals surface area contributed by atoms with Crippen LogP contribution in [0.1, 0.15) is 16.1 Å². The number of carbonyl (C=O) groups is 1. The van der Waals surface area contributed by atoms with E-state index in [1.54, 1.807) is 0 Å². The van der Waals surface area contributed by atoms with Crippen LogP contribution in [0.15, 0.2) is 41.0 Å². The smallest absolute Gasteiger partial charge is 0.416 e. The van der Waals surface area contributed by atoms with Crippen LogP contribution >= 0.6 is 15.9 Å². The molecule has 1 aromatic heterocycles. The molecule has 0 unspecified atom stereocenters. The van der Waals surface area contributed by atoms with Crippen molar-refractivity contribution >= 4 is 21.9 Å². The van der Waals surface area contributed by atoms with Gasteiger partial charge >= 0.3 is 12.1 Å². The Labute approximate surface area is 125 Å². The first-order valence-corrected chi connectivity index (χ1v) is 6.31. The number of carboxylic acid groups (broad SMARTS) is 1. The van der Waals surface area contributed by atoms with Crippen molar-refractivity contribution in [3.63, 3.8) is 0 Å². The van der Waals surface area contributed by atoms with Gasteiger partial charge in [0.15, 0.2) is 5.75 Å². The molecule has 8 heteroatoms. The molecule has 0 radical (unpaired) electrons. The van der Waals surface area contributed by atoms with E-state index in [-0.39, 0.29) is 21.8 Å². The number of ether oxygens (including phenoxy) is 1. The molecule has 1 N–H and O–H groups in total. The van der Waals surface area contributed by atoms with Gasteiger partial charge in [-0.2, -0.15) is 13.2 Å². The van der Waals surface area contributed by atoms with Crippen LogP contribution in [0.25, 0.3) is 0 Å². The van der Waals surface area contributed by atoms with Crippen molar-refractivity contribution in [3.05, 3.63) is 52.3 Å². The number of hydrogen-bond acceptors (Lipinski definition) is 3. The van der Waals surface area contributed by atoms with E-state index in [4.69, 9.17) is 9.84 Å². The maximum atomic E-state index is 12.4. The van der Waals surface area contributed by atoms with Crippen molar-refractivity contribution in [1.29, 1.82) is 0 Å². The lowest BCUT2D eigenvalue weighted by Crippen LogP contribution is -2.04. The van der Waals surface area contributed by atoms with Gasteiger partial charge in [0, 0.05) is 0 Å². The Balaban J connectivity index is 2.20. The minimum absolute atomic E-state index is 0.141. The second-order valence-electron chi connectivity index (χ2n) is 3.91. The monoisotopic (exact) mass is 361 g/mol. The molecule has 110 valence electrons. The minimum Gasteiger partial charge on any atom is -0.477 e. The van der Waals surface area contributed by atoms with E-state index in [9.17, 15) is 18.0 Å². The van der Waals surface area contributed by atoms with Crippen LogP contribution in [0.5, 0.6) is 11.5 Å². The zero-order valence-electron chi connectivity index (χ0n) is 10.2. The molecule has 0 amide bonds. The van der Waals surface area contributed by atoms with E-state index in [0.717, 1.165) is 12.1 Å². The predicted molar refractivity (Wildman–Crippen MR) is 70.4 cm³/mol. The van der Waals surface area contributed by atoms with Crippen molar-refractivity contribution in [2.45, 2.75) is 6.18 Å². The number of aromatic carboxylic acids is 1. The molecule has 1 aromatic carbocycles. The number of benzene rings is 1. The molecule has 0 fully saturated rings. The number of pyridine rings is 1. The van der Waals surface area contributed by atoms with Crippen molar-refractivity contribution in [1.82, 2.24) is 4.98 Å². The number of nitrogens with zero attached hydrogens (tertiary/aromatic N) is 1. The zero-order valence-corrected chi connectivity index (χ0v) is 11.8. The molecule has 0 atom stereocenters. The van der Waals surface area contributed by atoms with Gasteiger partial charge in [-0.05, 0) is 52.3 Å². The van der Waals surface area contributed by atoms with Crippen molar-refractivity contribution < 1.29 is 27.8 Å². The molecule has 0 saturated carbocycles. The summed E-state index contributed by atoms with van der Waals surface area (Å²) in [5, 5.41) is 8.77. The summed E-state index contributed by atoms with van der Waals surface area (Å²) in [5.41, 5.74) is -0.963. The van der Waals surface area contributed by atoms with E-state index in [0.29, 0.717) is 0 Å². The number of rotatable bonds is 3. The molecule has 4 nitrogen and oxygen atoms in total. The van der Waals surface area contributed by atoms with Gasteiger partial charge in [0.1, 0.15) is 16.0 Å². The van der Waals surface area contributed by atoms with E-state index in [2.05, 4.69) is 20.9 Å². The Hall–Kier alpha value is -2.09. The highest BCUT2D eigenvalue weighted by atomic mass is 79.9. The van der Waals surface area contributed by atoms with E-state index >= 15 is 0 Å². The highest BCUT2D eigenvalue weighted by molar-refractivity contribution is 9.10. The van der Waals surface area contributed by atoms with Gasteiger partial charge < -0.3 is 9.84 Å². The summed E-state index contributed by atoms with van der Waals surface area (Å²) in [5.74, 6) is -0.829. The average Bonchev–Trinajstić information content (AvgIpc) is 2.40. The summed E-state index contributed by atoms with van der Waals surface area (Å²) in [6.45, 7) is 0. The number of hydrogen-bond donors (Lipinski definition) is 1. The second-order valence-corrected chi connectivity index (χ2v) is 4.67. The van der Waals surface area contributed by atoms with Crippen LogP contribution in [0.4, 0.5) is 13.2 Å². The molecule has 1 heterocycles. The van der Waals surface area contributed by atoms with Crippen molar-refractivity contribution in [3.8, 4) is 11.5 Å². The van der Waals surface area contributed by atoms with Gasteiger partial charge in [0.2, 0.25) is 0 Å². The molecule has 2 rings (SSSR count). The average molecular weight is 362 g/mol. The Morgan fingerprint density at radius 2 is 1.76 bits per heavy atom. The molecule has 0 aliphatic heterocycles. The molecular formula is C13H7BrF3NO3. The summed E-state index contributed by atoms with van der Waals surface area (Å²) in [6, 6.07) is 6.70. The van der Waals surface area contributed by atoms with E-state index in [1.807, 2.05) is 0 Å². The summed E-state index contributed by atoms with van der Waals surface area (Å²) in [7, 11) is 0. The number of alkyl halides is 3.